The highest BCUT2D eigenvalue weighted by Crippen LogP contribution is 2.28. The molecule has 2 N–H and O–H groups in total. The fraction of sp³-hybridized carbons (Fsp3) is 0. The molecule has 0 fully saturated rings. The second-order valence-corrected chi connectivity index (χ2v) is 6.30. The topological polar surface area (TPSA) is 83.8 Å². The van der Waals surface area contributed by atoms with Crippen LogP contribution in [0, 0.1) is 7.14 Å². The average Bonchev–Trinajstić information content (AvgIpc) is 2.44. The van der Waals surface area contributed by atoms with Crippen molar-refractivity contribution in [3.05, 3.63) is 54.7 Å². The number of para-hydroxylation sites is 1. The van der Waals surface area contributed by atoms with Gasteiger partial charge in [-0.1, -0.05) is 12.1 Å². The van der Waals surface area contributed by atoms with E-state index in [9.17, 15) is 14.7 Å². The van der Waals surface area contributed by atoms with Crippen molar-refractivity contribution in [3.63, 3.8) is 0 Å². The number of halogens is 2. The molecule has 0 atom stereocenters. The lowest BCUT2D eigenvalue weighted by molar-refractivity contribution is 0.0681. The van der Waals surface area contributed by atoms with Crippen LogP contribution in [-0.2, 0) is 0 Å². The minimum absolute atomic E-state index is 0.0203. The summed E-state index contributed by atoms with van der Waals surface area (Å²) in [6.45, 7) is 0. The van der Waals surface area contributed by atoms with Crippen molar-refractivity contribution in [2.24, 2.45) is 0 Å². The van der Waals surface area contributed by atoms with E-state index in [4.69, 9.17) is 9.84 Å². The SMILES string of the molecule is O=C(Oc1ccccc1C(=O)O)c1cc(I)c(O)c(I)c1. The number of rotatable bonds is 3. The quantitative estimate of drug-likeness (QED) is 0.376. The van der Waals surface area contributed by atoms with Crippen LogP contribution in [0.15, 0.2) is 36.4 Å². The Morgan fingerprint density at radius 2 is 1.62 bits per heavy atom. The van der Waals surface area contributed by atoms with Crippen molar-refractivity contribution >= 4 is 57.1 Å². The van der Waals surface area contributed by atoms with Crippen LogP contribution < -0.4 is 4.74 Å². The lowest BCUT2D eigenvalue weighted by Crippen LogP contribution is -2.12. The number of benzene rings is 2. The lowest BCUT2D eigenvalue weighted by Gasteiger charge is -2.08. The maximum atomic E-state index is 12.1. The molecule has 0 aliphatic rings. The molecule has 0 saturated carbocycles. The number of hydrogen-bond acceptors (Lipinski definition) is 4. The smallest absolute Gasteiger partial charge is 0.343 e. The second-order valence-electron chi connectivity index (χ2n) is 3.98. The number of carboxylic acids is 1. The van der Waals surface area contributed by atoms with Crippen molar-refractivity contribution in [2.75, 3.05) is 0 Å². The van der Waals surface area contributed by atoms with Gasteiger partial charge in [-0.2, -0.15) is 0 Å². The van der Waals surface area contributed by atoms with Gasteiger partial charge in [-0.05, 0) is 69.4 Å². The zero-order valence-electron chi connectivity index (χ0n) is 10.3. The number of ether oxygens (including phenoxy) is 1. The van der Waals surface area contributed by atoms with Crippen molar-refractivity contribution in [3.8, 4) is 11.5 Å². The summed E-state index contributed by atoms with van der Waals surface area (Å²) in [5.74, 6) is -1.78. The molecule has 0 aromatic heterocycles. The lowest BCUT2D eigenvalue weighted by atomic mass is 10.2. The molecule has 5 nitrogen and oxygen atoms in total. The largest absolute Gasteiger partial charge is 0.506 e. The summed E-state index contributed by atoms with van der Waals surface area (Å²) in [6.07, 6.45) is 0. The summed E-state index contributed by atoms with van der Waals surface area (Å²) in [7, 11) is 0. The summed E-state index contributed by atoms with van der Waals surface area (Å²) in [5.41, 5.74) is 0.149. The van der Waals surface area contributed by atoms with Crippen molar-refractivity contribution in [1.29, 1.82) is 0 Å². The Morgan fingerprint density at radius 3 is 2.19 bits per heavy atom. The predicted octanol–water partition coefficient (Wildman–Crippen LogP) is 3.52. The van der Waals surface area contributed by atoms with Gasteiger partial charge < -0.3 is 14.9 Å². The molecule has 0 aliphatic carbocycles. The van der Waals surface area contributed by atoms with Gasteiger partial charge in [0.2, 0.25) is 0 Å². The van der Waals surface area contributed by atoms with Gasteiger partial charge in [-0.3, -0.25) is 0 Å². The number of phenolic OH excluding ortho intramolecular Hbond substituents is 1. The molecule has 0 spiro atoms. The van der Waals surface area contributed by atoms with E-state index in [0.717, 1.165) is 0 Å². The summed E-state index contributed by atoms with van der Waals surface area (Å²) >= 11 is 3.80. The molecule has 108 valence electrons. The number of carboxylic acid groups (broad SMARTS) is 1. The number of phenols is 1. The number of hydrogen-bond donors (Lipinski definition) is 2. The van der Waals surface area contributed by atoms with Gasteiger partial charge in [0.25, 0.3) is 0 Å². The van der Waals surface area contributed by atoms with Crippen LogP contribution in [0.4, 0.5) is 0 Å². The standard InChI is InChI=1S/C14H8I2O5/c15-9-5-7(6-10(16)12(9)17)14(20)21-11-4-2-1-3-8(11)13(18)19/h1-6,17H,(H,18,19). The molecule has 2 aromatic rings. The van der Waals surface area contributed by atoms with Crippen LogP contribution in [0.1, 0.15) is 20.7 Å². The Labute approximate surface area is 147 Å². The summed E-state index contributed by atoms with van der Waals surface area (Å²) in [4.78, 5) is 23.2. The van der Waals surface area contributed by atoms with Crippen molar-refractivity contribution in [1.82, 2.24) is 0 Å². The third-order valence-electron chi connectivity index (χ3n) is 2.57. The van der Waals surface area contributed by atoms with E-state index in [2.05, 4.69) is 0 Å². The van der Waals surface area contributed by atoms with Gasteiger partial charge in [0.15, 0.2) is 0 Å². The van der Waals surface area contributed by atoms with Crippen LogP contribution in [0.3, 0.4) is 0 Å². The zero-order valence-corrected chi connectivity index (χ0v) is 14.7. The number of esters is 1. The fourth-order valence-corrected chi connectivity index (χ4v) is 3.34. The van der Waals surface area contributed by atoms with Gasteiger partial charge in [0.1, 0.15) is 17.1 Å². The zero-order chi connectivity index (χ0) is 15.6. The van der Waals surface area contributed by atoms with E-state index in [1.807, 2.05) is 45.2 Å². The highest BCUT2D eigenvalue weighted by molar-refractivity contribution is 14.1. The molecule has 0 aliphatic heterocycles. The molecular weight excluding hydrogens is 502 g/mol. The Balaban J connectivity index is 2.33. The molecule has 0 bridgehead atoms. The first kappa shape index (κ1) is 16.0. The monoisotopic (exact) mass is 510 g/mol. The van der Waals surface area contributed by atoms with Crippen LogP contribution in [-0.4, -0.2) is 22.2 Å². The molecule has 21 heavy (non-hydrogen) atoms. The summed E-state index contributed by atoms with van der Waals surface area (Å²) in [6, 6.07) is 8.85. The van der Waals surface area contributed by atoms with Gasteiger partial charge in [-0.25, -0.2) is 9.59 Å². The first-order valence-electron chi connectivity index (χ1n) is 5.62. The molecule has 0 radical (unpaired) electrons. The Morgan fingerprint density at radius 1 is 1.05 bits per heavy atom. The number of carbonyl (C=O) groups is 2. The van der Waals surface area contributed by atoms with Crippen LogP contribution in [0.25, 0.3) is 0 Å². The average molecular weight is 510 g/mol. The van der Waals surface area contributed by atoms with E-state index in [-0.39, 0.29) is 22.6 Å². The number of aromatic carboxylic acids is 1. The maximum absolute atomic E-state index is 12.1. The molecular formula is C14H8I2O5. The first-order valence-corrected chi connectivity index (χ1v) is 7.78. The maximum Gasteiger partial charge on any atom is 0.343 e. The first-order chi connectivity index (χ1) is 9.90. The third-order valence-corrected chi connectivity index (χ3v) is 4.22. The minimum Gasteiger partial charge on any atom is -0.506 e. The molecule has 0 unspecified atom stereocenters. The number of aromatic hydroxyl groups is 1. The van der Waals surface area contributed by atoms with E-state index in [1.165, 1.54) is 24.3 Å². The Kier molecular flexibility index (Phi) is 5.04. The molecule has 2 aromatic carbocycles. The van der Waals surface area contributed by atoms with Crippen molar-refractivity contribution in [2.45, 2.75) is 0 Å². The van der Waals surface area contributed by atoms with E-state index in [1.54, 1.807) is 12.1 Å². The Hall–Kier alpha value is -1.36. The van der Waals surface area contributed by atoms with Gasteiger partial charge >= 0.3 is 11.9 Å². The van der Waals surface area contributed by atoms with Crippen molar-refractivity contribution < 1.29 is 24.5 Å². The third kappa shape index (κ3) is 3.64. The van der Waals surface area contributed by atoms with Gasteiger partial charge in [0.05, 0.1) is 12.7 Å². The predicted molar refractivity (Wildman–Crippen MR) is 91.9 cm³/mol. The van der Waals surface area contributed by atoms with Crippen LogP contribution in [0.5, 0.6) is 11.5 Å². The minimum atomic E-state index is -1.17. The van der Waals surface area contributed by atoms with E-state index in [0.29, 0.717) is 7.14 Å². The highest BCUT2D eigenvalue weighted by atomic mass is 127. The number of carbonyl (C=O) groups excluding carboxylic acids is 1. The van der Waals surface area contributed by atoms with E-state index < -0.39 is 11.9 Å². The Bertz CT molecular complexity index is 704. The van der Waals surface area contributed by atoms with E-state index >= 15 is 0 Å². The molecule has 0 saturated heterocycles. The highest BCUT2D eigenvalue weighted by Gasteiger charge is 2.17. The molecule has 7 heteroatoms. The van der Waals surface area contributed by atoms with Gasteiger partial charge in [0, 0.05) is 0 Å². The fourth-order valence-electron chi connectivity index (χ4n) is 1.57. The molecule has 0 heterocycles. The molecule has 2 rings (SSSR count). The van der Waals surface area contributed by atoms with Gasteiger partial charge in [-0.15, -0.1) is 0 Å². The second kappa shape index (κ2) is 6.60. The summed E-state index contributed by atoms with van der Waals surface area (Å²) in [5, 5.41) is 18.7. The normalized spacial score (nSPS) is 10.2. The molecule has 0 amide bonds. The van der Waals surface area contributed by atoms with Crippen LogP contribution >= 0.6 is 45.2 Å². The van der Waals surface area contributed by atoms with Crippen LogP contribution in [0.2, 0.25) is 0 Å². The summed E-state index contributed by atoms with van der Waals surface area (Å²) < 4.78 is 6.16.